The number of halogens is 2. The Kier molecular flexibility index (Phi) is 5.91. The Morgan fingerprint density at radius 3 is 2.62 bits per heavy atom. The normalized spacial score (nSPS) is 10.5. The molecular weight excluding hydrogens is 249 g/mol. The molecule has 0 aromatic heterocycles. The standard InChI is InChI=1S/C11H15Cl2NO2/c1-15-9-4-3-8(10(12)11(9)13)7-16-6-2-5-14/h3-4H,2,5-7,14H2,1H3. The van der Waals surface area contributed by atoms with Crippen LogP contribution in [0.4, 0.5) is 0 Å². The van der Waals surface area contributed by atoms with E-state index in [4.69, 9.17) is 38.4 Å². The van der Waals surface area contributed by atoms with Crippen molar-refractivity contribution in [2.24, 2.45) is 5.73 Å². The van der Waals surface area contributed by atoms with Gasteiger partial charge in [-0.1, -0.05) is 29.3 Å². The van der Waals surface area contributed by atoms with Crippen molar-refractivity contribution in [2.45, 2.75) is 13.0 Å². The summed E-state index contributed by atoms with van der Waals surface area (Å²) in [5.74, 6) is 0.567. The lowest BCUT2D eigenvalue weighted by Gasteiger charge is -2.09. The molecule has 0 saturated carbocycles. The van der Waals surface area contributed by atoms with Gasteiger partial charge in [-0.25, -0.2) is 0 Å². The molecule has 3 nitrogen and oxygen atoms in total. The van der Waals surface area contributed by atoms with Crippen LogP contribution in [-0.4, -0.2) is 20.3 Å². The van der Waals surface area contributed by atoms with Crippen molar-refractivity contribution in [3.63, 3.8) is 0 Å². The zero-order valence-corrected chi connectivity index (χ0v) is 10.6. The van der Waals surface area contributed by atoms with E-state index >= 15 is 0 Å². The van der Waals surface area contributed by atoms with Gasteiger partial charge in [-0.3, -0.25) is 0 Å². The number of ether oxygens (including phenoxy) is 2. The number of benzene rings is 1. The van der Waals surface area contributed by atoms with Crippen LogP contribution in [0.3, 0.4) is 0 Å². The molecule has 1 aromatic rings. The van der Waals surface area contributed by atoms with E-state index in [1.165, 1.54) is 0 Å². The molecule has 0 saturated heterocycles. The summed E-state index contributed by atoms with van der Waals surface area (Å²) >= 11 is 12.1. The summed E-state index contributed by atoms with van der Waals surface area (Å²) in [4.78, 5) is 0. The fourth-order valence-electron chi connectivity index (χ4n) is 1.21. The molecule has 2 N–H and O–H groups in total. The minimum atomic E-state index is 0.420. The molecule has 0 bridgehead atoms. The molecular formula is C11H15Cl2NO2. The average Bonchev–Trinajstić information content (AvgIpc) is 2.30. The Morgan fingerprint density at radius 2 is 2.00 bits per heavy atom. The Labute approximate surface area is 105 Å². The number of nitrogens with two attached hydrogens (primary N) is 1. The third kappa shape index (κ3) is 3.52. The fraction of sp³-hybridized carbons (Fsp3) is 0.455. The van der Waals surface area contributed by atoms with Crippen molar-refractivity contribution < 1.29 is 9.47 Å². The number of hydrogen-bond acceptors (Lipinski definition) is 3. The third-order valence-electron chi connectivity index (χ3n) is 2.10. The van der Waals surface area contributed by atoms with Gasteiger partial charge in [-0.05, 0) is 24.6 Å². The van der Waals surface area contributed by atoms with Gasteiger partial charge in [0.25, 0.3) is 0 Å². The van der Waals surface area contributed by atoms with Gasteiger partial charge in [0, 0.05) is 6.61 Å². The zero-order valence-electron chi connectivity index (χ0n) is 9.13. The molecule has 0 amide bonds. The van der Waals surface area contributed by atoms with E-state index in [0.29, 0.717) is 35.6 Å². The monoisotopic (exact) mass is 263 g/mol. The van der Waals surface area contributed by atoms with Crippen molar-refractivity contribution >= 4 is 23.2 Å². The first-order valence-corrected chi connectivity index (χ1v) is 5.75. The van der Waals surface area contributed by atoms with Gasteiger partial charge in [0.05, 0.1) is 18.7 Å². The van der Waals surface area contributed by atoms with E-state index in [2.05, 4.69) is 0 Å². The van der Waals surface area contributed by atoms with Gasteiger partial charge in [-0.15, -0.1) is 0 Å². The van der Waals surface area contributed by atoms with Crippen LogP contribution in [0.25, 0.3) is 0 Å². The van der Waals surface area contributed by atoms with Crippen molar-refractivity contribution in [1.82, 2.24) is 0 Å². The van der Waals surface area contributed by atoms with Crippen LogP contribution in [0.1, 0.15) is 12.0 Å². The summed E-state index contributed by atoms with van der Waals surface area (Å²) in [5, 5.41) is 0.901. The lowest BCUT2D eigenvalue weighted by molar-refractivity contribution is 0.120. The summed E-state index contributed by atoms with van der Waals surface area (Å²) in [6.45, 7) is 1.68. The third-order valence-corrected chi connectivity index (χ3v) is 3.00. The smallest absolute Gasteiger partial charge is 0.139 e. The molecule has 0 unspecified atom stereocenters. The average molecular weight is 264 g/mol. The van der Waals surface area contributed by atoms with Crippen LogP contribution in [0.2, 0.25) is 10.0 Å². The Hall–Kier alpha value is -0.480. The Bertz CT molecular complexity index is 345. The predicted molar refractivity (Wildman–Crippen MR) is 66.3 cm³/mol. The summed E-state index contributed by atoms with van der Waals surface area (Å²) < 4.78 is 10.5. The Morgan fingerprint density at radius 1 is 1.25 bits per heavy atom. The molecule has 0 aliphatic carbocycles. The van der Waals surface area contributed by atoms with E-state index in [1.807, 2.05) is 6.07 Å². The molecule has 0 heterocycles. The summed E-state index contributed by atoms with van der Waals surface area (Å²) in [6, 6.07) is 3.62. The fourth-order valence-corrected chi connectivity index (χ4v) is 1.68. The number of methoxy groups -OCH3 is 1. The maximum Gasteiger partial charge on any atom is 0.139 e. The largest absolute Gasteiger partial charge is 0.495 e. The molecule has 0 aliphatic heterocycles. The van der Waals surface area contributed by atoms with Crippen LogP contribution in [0.5, 0.6) is 5.75 Å². The molecule has 0 atom stereocenters. The van der Waals surface area contributed by atoms with E-state index in [9.17, 15) is 0 Å². The van der Waals surface area contributed by atoms with Crippen LogP contribution in [0.15, 0.2) is 12.1 Å². The molecule has 1 aromatic carbocycles. The summed E-state index contributed by atoms with van der Waals surface area (Å²) in [6.07, 6.45) is 0.835. The molecule has 0 radical (unpaired) electrons. The first-order valence-electron chi connectivity index (χ1n) is 4.99. The molecule has 90 valence electrons. The number of hydrogen-bond donors (Lipinski definition) is 1. The van der Waals surface area contributed by atoms with Gasteiger partial charge in [0.1, 0.15) is 10.8 Å². The molecule has 0 spiro atoms. The summed E-state index contributed by atoms with van der Waals surface area (Å²) in [5.41, 5.74) is 6.21. The topological polar surface area (TPSA) is 44.5 Å². The van der Waals surface area contributed by atoms with Crippen LogP contribution < -0.4 is 10.5 Å². The summed E-state index contributed by atoms with van der Waals surface area (Å²) in [7, 11) is 1.55. The lowest BCUT2D eigenvalue weighted by Crippen LogP contribution is -2.04. The molecule has 5 heteroatoms. The van der Waals surface area contributed by atoms with Gasteiger partial charge in [0.15, 0.2) is 0 Å². The zero-order chi connectivity index (χ0) is 12.0. The van der Waals surface area contributed by atoms with Crippen LogP contribution in [-0.2, 0) is 11.3 Å². The van der Waals surface area contributed by atoms with Gasteiger partial charge in [0.2, 0.25) is 0 Å². The SMILES string of the molecule is COc1ccc(COCCCN)c(Cl)c1Cl. The quantitative estimate of drug-likeness (QED) is 0.803. The highest BCUT2D eigenvalue weighted by Gasteiger charge is 2.10. The first-order chi connectivity index (χ1) is 7.70. The highest BCUT2D eigenvalue weighted by atomic mass is 35.5. The van der Waals surface area contributed by atoms with Crippen LogP contribution in [0, 0.1) is 0 Å². The highest BCUT2D eigenvalue weighted by molar-refractivity contribution is 6.43. The molecule has 0 fully saturated rings. The van der Waals surface area contributed by atoms with Crippen molar-refractivity contribution in [2.75, 3.05) is 20.3 Å². The predicted octanol–water partition coefficient (Wildman–Crippen LogP) is 2.87. The van der Waals surface area contributed by atoms with E-state index in [1.54, 1.807) is 13.2 Å². The highest BCUT2D eigenvalue weighted by Crippen LogP contribution is 2.34. The van der Waals surface area contributed by atoms with Crippen molar-refractivity contribution in [3.05, 3.63) is 27.7 Å². The number of rotatable bonds is 6. The first kappa shape index (κ1) is 13.6. The van der Waals surface area contributed by atoms with Gasteiger partial charge >= 0.3 is 0 Å². The second-order valence-corrected chi connectivity index (χ2v) is 4.01. The lowest BCUT2D eigenvalue weighted by atomic mass is 10.2. The van der Waals surface area contributed by atoms with E-state index in [0.717, 1.165) is 12.0 Å². The van der Waals surface area contributed by atoms with Crippen molar-refractivity contribution in [3.8, 4) is 5.75 Å². The maximum atomic E-state index is 6.07. The molecule has 16 heavy (non-hydrogen) atoms. The molecule has 0 aliphatic rings. The van der Waals surface area contributed by atoms with Crippen LogP contribution >= 0.6 is 23.2 Å². The van der Waals surface area contributed by atoms with Crippen molar-refractivity contribution in [1.29, 1.82) is 0 Å². The second-order valence-electron chi connectivity index (χ2n) is 3.25. The van der Waals surface area contributed by atoms with Gasteiger partial charge < -0.3 is 15.2 Å². The second kappa shape index (κ2) is 6.97. The van der Waals surface area contributed by atoms with E-state index in [-0.39, 0.29) is 0 Å². The van der Waals surface area contributed by atoms with Gasteiger partial charge in [-0.2, -0.15) is 0 Å². The Balaban J connectivity index is 2.64. The maximum absolute atomic E-state index is 6.07. The minimum absolute atomic E-state index is 0.420. The molecule has 1 rings (SSSR count). The van der Waals surface area contributed by atoms with E-state index < -0.39 is 0 Å². The minimum Gasteiger partial charge on any atom is -0.495 e.